The van der Waals surface area contributed by atoms with Crippen LogP contribution in [0.3, 0.4) is 0 Å². The molecule has 0 spiro atoms. The Kier molecular flexibility index (Phi) is 5.39. The number of carbonyl (C=O) groups excluding carboxylic acids is 2. The lowest BCUT2D eigenvalue weighted by Crippen LogP contribution is -2.42. The molecule has 26 heavy (non-hydrogen) atoms. The first-order valence-electron chi connectivity index (χ1n) is 7.19. The summed E-state index contributed by atoms with van der Waals surface area (Å²) >= 11 is 2.73. The minimum atomic E-state index is -0.569. The summed E-state index contributed by atoms with van der Waals surface area (Å²) in [4.78, 5) is 42.1. The molecule has 0 fully saturated rings. The number of amides is 2. The molecule has 2 N–H and O–H groups in total. The Morgan fingerprint density at radius 2 is 1.92 bits per heavy atom. The van der Waals surface area contributed by atoms with Crippen LogP contribution in [-0.2, 0) is 4.79 Å². The highest BCUT2D eigenvalue weighted by Gasteiger charge is 2.12. The molecule has 0 atom stereocenters. The summed E-state index contributed by atoms with van der Waals surface area (Å²) in [5.74, 6) is -0.917. The largest absolute Gasteiger partial charge is 0.272 e. The van der Waals surface area contributed by atoms with Crippen molar-refractivity contribution >= 4 is 50.8 Å². The van der Waals surface area contributed by atoms with Gasteiger partial charge in [0.05, 0.1) is 20.9 Å². The number of aromatic nitrogens is 2. The fourth-order valence-corrected chi connectivity index (χ4v) is 3.72. The number of nitro groups is 1. The van der Waals surface area contributed by atoms with E-state index in [0.717, 1.165) is 10.2 Å². The molecule has 9 nitrogen and oxygen atoms in total. The average molecular weight is 389 g/mol. The maximum Gasteiger partial charge on any atom is 0.269 e. The zero-order chi connectivity index (χ0) is 18.5. The average Bonchev–Trinajstić information content (AvgIpc) is 3.13. The highest BCUT2D eigenvalue weighted by Crippen LogP contribution is 2.28. The van der Waals surface area contributed by atoms with Crippen LogP contribution in [-0.4, -0.2) is 32.5 Å². The van der Waals surface area contributed by atoms with Crippen molar-refractivity contribution in [3.8, 4) is 0 Å². The number of non-ortho nitro benzene ring substituents is 1. The van der Waals surface area contributed by atoms with Gasteiger partial charge >= 0.3 is 0 Å². The molecule has 3 rings (SSSR count). The zero-order valence-corrected chi connectivity index (χ0v) is 14.7. The minimum absolute atomic E-state index is 0.0601. The third-order valence-corrected chi connectivity index (χ3v) is 5.24. The Morgan fingerprint density at radius 1 is 1.15 bits per heavy atom. The summed E-state index contributed by atoms with van der Waals surface area (Å²) in [6.45, 7) is 0. The van der Waals surface area contributed by atoms with E-state index in [4.69, 9.17) is 0 Å². The van der Waals surface area contributed by atoms with E-state index >= 15 is 0 Å². The zero-order valence-electron chi connectivity index (χ0n) is 13.0. The summed E-state index contributed by atoms with van der Waals surface area (Å²) in [5, 5.41) is 13.2. The van der Waals surface area contributed by atoms with E-state index in [9.17, 15) is 19.7 Å². The van der Waals surface area contributed by atoms with Crippen LogP contribution in [0.4, 0.5) is 5.69 Å². The predicted molar refractivity (Wildman–Crippen MR) is 96.8 cm³/mol. The number of nitrogens with zero attached hydrogens (tertiary/aromatic N) is 3. The number of carbonyl (C=O) groups is 2. The number of nitrogens with one attached hydrogen (secondary N) is 2. The molecule has 1 aromatic carbocycles. The lowest BCUT2D eigenvalue weighted by atomic mass is 10.2. The molecule has 0 unspecified atom stereocenters. The maximum atomic E-state index is 11.9. The Morgan fingerprint density at radius 3 is 2.65 bits per heavy atom. The van der Waals surface area contributed by atoms with Crippen molar-refractivity contribution in [3.63, 3.8) is 0 Å². The molecule has 0 saturated heterocycles. The molecule has 0 radical (unpaired) electrons. The fourth-order valence-electron chi connectivity index (χ4n) is 1.97. The molecule has 11 heteroatoms. The monoisotopic (exact) mass is 389 g/mol. The quantitative estimate of drug-likeness (QED) is 0.296. The number of hydrogen-bond donors (Lipinski definition) is 2. The van der Waals surface area contributed by atoms with E-state index in [1.54, 1.807) is 0 Å². The van der Waals surface area contributed by atoms with E-state index in [1.165, 1.54) is 53.7 Å². The molecule has 2 amide bonds. The van der Waals surface area contributed by atoms with Gasteiger partial charge in [0.1, 0.15) is 11.4 Å². The standard InChI is InChI=1S/C15H11N5O4S2/c21-12(7-26-15-13-11(5-6-25-13)16-8-17-15)18-19-14(22)9-1-3-10(4-2-9)20(23)24/h1-6,8H,7H2,(H,18,21)(H,19,22). The highest BCUT2D eigenvalue weighted by molar-refractivity contribution is 8.00. The predicted octanol–water partition coefficient (Wildman–Crippen LogP) is 2.15. The van der Waals surface area contributed by atoms with Crippen molar-refractivity contribution in [2.24, 2.45) is 0 Å². The second-order valence-corrected chi connectivity index (χ2v) is 6.79. The lowest BCUT2D eigenvalue weighted by molar-refractivity contribution is -0.384. The Balaban J connectivity index is 1.51. The van der Waals surface area contributed by atoms with E-state index in [-0.39, 0.29) is 17.0 Å². The number of hydrogen-bond acceptors (Lipinski definition) is 8. The first-order valence-corrected chi connectivity index (χ1v) is 9.06. The molecule has 2 aromatic heterocycles. The van der Waals surface area contributed by atoms with Gasteiger partial charge in [-0.15, -0.1) is 11.3 Å². The smallest absolute Gasteiger partial charge is 0.269 e. The summed E-state index contributed by atoms with van der Waals surface area (Å²) in [6.07, 6.45) is 1.44. The Hall–Kier alpha value is -3.05. The van der Waals surface area contributed by atoms with Gasteiger partial charge in [0.25, 0.3) is 11.6 Å². The van der Waals surface area contributed by atoms with Gasteiger partial charge in [0.15, 0.2) is 0 Å². The normalized spacial score (nSPS) is 10.5. The topological polar surface area (TPSA) is 127 Å². The van der Waals surface area contributed by atoms with Crippen molar-refractivity contribution in [1.82, 2.24) is 20.8 Å². The number of fused-ring (bicyclic) bond motifs is 1. The third kappa shape index (κ3) is 4.13. The van der Waals surface area contributed by atoms with E-state index < -0.39 is 16.7 Å². The van der Waals surface area contributed by atoms with Gasteiger partial charge in [0.2, 0.25) is 5.91 Å². The van der Waals surface area contributed by atoms with Gasteiger partial charge in [-0.3, -0.25) is 30.6 Å². The van der Waals surface area contributed by atoms with Crippen LogP contribution in [0.1, 0.15) is 10.4 Å². The molecule has 3 aromatic rings. The first kappa shape index (κ1) is 17.8. The second kappa shape index (κ2) is 7.89. The van der Waals surface area contributed by atoms with Crippen LogP contribution in [0.2, 0.25) is 0 Å². The highest BCUT2D eigenvalue weighted by atomic mass is 32.2. The van der Waals surface area contributed by atoms with Crippen molar-refractivity contribution in [2.75, 3.05) is 5.75 Å². The van der Waals surface area contributed by atoms with Gasteiger partial charge in [-0.05, 0) is 23.6 Å². The number of thiophene rings is 1. The molecule has 0 aliphatic heterocycles. The van der Waals surface area contributed by atoms with Crippen LogP contribution in [0, 0.1) is 10.1 Å². The molecular formula is C15H11N5O4S2. The molecular weight excluding hydrogens is 378 g/mol. The summed E-state index contributed by atoms with van der Waals surface area (Å²) in [7, 11) is 0. The number of nitro benzene ring substituents is 1. The minimum Gasteiger partial charge on any atom is -0.272 e. The van der Waals surface area contributed by atoms with Crippen LogP contribution in [0.5, 0.6) is 0 Å². The molecule has 2 heterocycles. The van der Waals surface area contributed by atoms with Crippen LogP contribution in [0.25, 0.3) is 10.2 Å². The molecule has 0 aliphatic rings. The van der Waals surface area contributed by atoms with Crippen molar-refractivity contribution < 1.29 is 14.5 Å². The van der Waals surface area contributed by atoms with Gasteiger partial charge in [-0.1, -0.05) is 11.8 Å². The number of benzene rings is 1. The number of hydrazine groups is 1. The number of thioether (sulfide) groups is 1. The van der Waals surface area contributed by atoms with Crippen molar-refractivity contribution in [3.05, 3.63) is 57.7 Å². The van der Waals surface area contributed by atoms with E-state index in [0.29, 0.717) is 5.03 Å². The van der Waals surface area contributed by atoms with Gasteiger partial charge in [-0.25, -0.2) is 9.97 Å². The summed E-state index contributed by atoms with van der Waals surface area (Å²) < 4.78 is 0.903. The third-order valence-electron chi connectivity index (χ3n) is 3.21. The maximum absolute atomic E-state index is 11.9. The summed E-state index contributed by atoms with van der Waals surface area (Å²) in [6, 6.07) is 6.92. The van der Waals surface area contributed by atoms with E-state index in [1.807, 2.05) is 11.4 Å². The van der Waals surface area contributed by atoms with Crippen LogP contribution in [0.15, 0.2) is 47.1 Å². The molecule has 0 bridgehead atoms. The van der Waals surface area contributed by atoms with Gasteiger partial charge < -0.3 is 0 Å². The van der Waals surface area contributed by atoms with E-state index in [2.05, 4.69) is 20.8 Å². The van der Waals surface area contributed by atoms with Crippen LogP contribution < -0.4 is 10.9 Å². The summed E-state index contributed by atoms with van der Waals surface area (Å²) in [5.41, 5.74) is 5.46. The van der Waals surface area contributed by atoms with Crippen molar-refractivity contribution in [1.29, 1.82) is 0 Å². The van der Waals surface area contributed by atoms with Crippen LogP contribution >= 0.6 is 23.1 Å². The second-order valence-electron chi connectivity index (χ2n) is 4.91. The van der Waals surface area contributed by atoms with Gasteiger partial charge in [0, 0.05) is 17.7 Å². The first-order chi connectivity index (χ1) is 12.5. The number of rotatable bonds is 5. The van der Waals surface area contributed by atoms with Gasteiger partial charge in [-0.2, -0.15) is 0 Å². The molecule has 0 saturated carbocycles. The van der Waals surface area contributed by atoms with Crippen molar-refractivity contribution in [2.45, 2.75) is 5.03 Å². The fraction of sp³-hybridized carbons (Fsp3) is 0.0667. The Labute approximate surface area is 155 Å². The Bertz CT molecular complexity index is 974. The lowest BCUT2D eigenvalue weighted by Gasteiger charge is -2.07. The molecule has 132 valence electrons. The molecule has 0 aliphatic carbocycles. The SMILES string of the molecule is O=C(CSc1ncnc2ccsc12)NNC(=O)c1ccc([N+](=O)[O-])cc1.